The first-order valence-corrected chi connectivity index (χ1v) is 12.3. The average molecular weight is 525 g/mol. The number of methoxy groups -OCH3 is 4. The van der Waals surface area contributed by atoms with Gasteiger partial charge in [-0.25, -0.2) is 9.79 Å². The van der Waals surface area contributed by atoms with E-state index in [1.54, 1.807) is 71.6 Å². The molecule has 1 unspecified atom stereocenters. The number of carbonyl (C=O) groups is 1. The van der Waals surface area contributed by atoms with Gasteiger partial charge in [0.25, 0.3) is 5.56 Å². The van der Waals surface area contributed by atoms with Crippen molar-refractivity contribution >= 4 is 23.4 Å². The Labute approximate surface area is 217 Å². The fourth-order valence-corrected chi connectivity index (χ4v) is 5.26. The monoisotopic (exact) mass is 524 g/mol. The van der Waals surface area contributed by atoms with Crippen molar-refractivity contribution in [1.29, 1.82) is 0 Å². The molecule has 1 aliphatic rings. The second kappa shape index (κ2) is 10.9. The van der Waals surface area contributed by atoms with E-state index in [1.165, 1.54) is 23.0 Å². The van der Waals surface area contributed by atoms with Gasteiger partial charge in [0.1, 0.15) is 29.0 Å². The van der Waals surface area contributed by atoms with Crippen LogP contribution < -0.4 is 33.8 Å². The third kappa shape index (κ3) is 4.84. The molecule has 0 N–H and O–H groups in total. The highest BCUT2D eigenvalue weighted by molar-refractivity contribution is 7.07. The number of allylic oxidation sites excluding steroid dienone is 1. The molecule has 194 valence electrons. The zero-order valence-electron chi connectivity index (χ0n) is 21.5. The first-order valence-electron chi connectivity index (χ1n) is 11.5. The number of nitrogens with zero attached hydrogens (tertiary/aromatic N) is 2. The Bertz CT molecular complexity index is 1550. The molecule has 1 aliphatic heterocycles. The second-order valence-corrected chi connectivity index (χ2v) is 9.03. The zero-order chi connectivity index (χ0) is 26.7. The van der Waals surface area contributed by atoms with Crippen molar-refractivity contribution < 1.29 is 28.5 Å². The smallest absolute Gasteiger partial charge is 0.338 e. The van der Waals surface area contributed by atoms with E-state index in [-0.39, 0.29) is 17.7 Å². The number of aromatic nitrogens is 1. The van der Waals surface area contributed by atoms with Crippen molar-refractivity contribution in [3.63, 3.8) is 0 Å². The molecule has 1 aromatic heterocycles. The van der Waals surface area contributed by atoms with Crippen LogP contribution in [0.3, 0.4) is 0 Å². The molecule has 0 spiro atoms. The van der Waals surface area contributed by atoms with Gasteiger partial charge in [0.2, 0.25) is 0 Å². The normalized spacial score (nSPS) is 15.1. The molecule has 0 bridgehead atoms. The van der Waals surface area contributed by atoms with Gasteiger partial charge < -0.3 is 23.7 Å². The maximum absolute atomic E-state index is 13.9. The summed E-state index contributed by atoms with van der Waals surface area (Å²) in [6, 6.07) is 9.76. The maximum Gasteiger partial charge on any atom is 0.338 e. The lowest BCUT2D eigenvalue weighted by atomic mass is 9.94. The molecule has 0 radical (unpaired) electrons. The number of hydrogen-bond donors (Lipinski definition) is 0. The van der Waals surface area contributed by atoms with E-state index in [0.29, 0.717) is 49.2 Å². The Morgan fingerprint density at radius 3 is 2.32 bits per heavy atom. The SMILES string of the molecule is CCOC(=O)C1=C(C)N=c2sc(=Cc3ccc(OC)cc3OC)c(=O)n2C1c1cc(OC)ccc1OC. The molecule has 9 nitrogen and oxygen atoms in total. The van der Waals surface area contributed by atoms with E-state index >= 15 is 0 Å². The number of benzene rings is 2. The van der Waals surface area contributed by atoms with Crippen LogP contribution in [0.2, 0.25) is 0 Å². The molecule has 0 amide bonds. The first kappa shape index (κ1) is 26.0. The summed E-state index contributed by atoms with van der Waals surface area (Å²) in [6.45, 7) is 3.64. The summed E-state index contributed by atoms with van der Waals surface area (Å²) in [5.74, 6) is 1.69. The average Bonchev–Trinajstić information content (AvgIpc) is 3.21. The summed E-state index contributed by atoms with van der Waals surface area (Å²) in [6.07, 6.45) is 1.74. The van der Waals surface area contributed by atoms with Gasteiger partial charge in [-0.15, -0.1) is 0 Å². The largest absolute Gasteiger partial charge is 0.497 e. The summed E-state index contributed by atoms with van der Waals surface area (Å²) in [7, 11) is 6.21. The quantitative estimate of drug-likeness (QED) is 0.418. The minimum absolute atomic E-state index is 0.180. The third-order valence-electron chi connectivity index (χ3n) is 5.98. The predicted octanol–water partition coefficient (Wildman–Crippen LogP) is 2.83. The summed E-state index contributed by atoms with van der Waals surface area (Å²) < 4.78 is 29.1. The number of rotatable bonds is 8. The Kier molecular flexibility index (Phi) is 7.68. The number of fused-ring (bicyclic) bond motifs is 1. The van der Waals surface area contributed by atoms with Crippen molar-refractivity contribution in [2.24, 2.45) is 4.99 Å². The highest BCUT2D eigenvalue weighted by Gasteiger charge is 2.35. The van der Waals surface area contributed by atoms with Crippen molar-refractivity contribution in [2.45, 2.75) is 19.9 Å². The predicted molar refractivity (Wildman–Crippen MR) is 139 cm³/mol. The molecule has 10 heteroatoms. The topological polar surface area (TPSA) is 97.6 Å². The zero-order valence-corrected chi connectivity index (χ0v) is 22.3. The number of hydrogen-bond acceptors (Lipinski definition) is 9. The first-order chi connectivity index (χ1) is 17.9. The molecular weight excluding hydrogens is 496 g/mol. The van der Waals surface area contributed by atoms with Crippen LogP contribution >= 0.6 is 11.3 Å². The van der Waals surface area contributed by atoms with E-state index in [2.05, 4.69) is 4.99 Å². The van der Waals surface area contributed by atoms with E-state index in [9.17, 15) is 9.59 Å². The van der Waals surface area contributed by atoms with Gasteiger partial charge >= 0.3 is 5.97 Å². The van der Waals surface area contributed by atoms with Crippen LogP contribution in [0.15, 0.2) is 57.5 Å². The van der Waals surface area contributed by atoms with Crippen molar-refractivity contribution in [2.75, 3.05) is 35.0 Å². The van der Waals surface area contributed by atoms with Gasteiger partial charge in [-0.1, -0.05) is 11.3 Å². The van der Waals surface area contributed by atoms with Crippen LogP contribution in [0.4, 0.5) is 0 Å². The summed E-state index contributed by atoms with van der Waals surface area (Å²) in [5.41, 5.74) is 1.68. The number of thiazole rings is 1. The Hall–Kier alpha value is -4.05. The summed E-state index contributed by atoms with van der Waals surface area (Å²) in [5, 5.41) is 0. The molecule has 0 aliphatic carbocycles. The molecule has 4 rings (SSSR count). The lowest BCUT2D eigenvalue weighted by Crippen LogP contribution is -2.40. The minimum Gasteiger partial charge on any atom is -0.497 e. The molecule has 0 saturated heterocycles. The number of esters is 1. The van der Waals surface area contributed by atoms with Crippen LogP contribution in [0.5, 0.6) is 23.0 Å². The Morgan fingerprint density at radius 2 is 1.68 bits per heavy atom. The molecule has 3 aromatic rings. The number of carbonyl (C=O) groups excluding carboxylic acids is 1. The van der Waals surface area contributed by atoms with Crippen LogP contribution in [-0.2, 0) is 9.53 Å². The Morgan fingerprint density at radius 1 is 1.00 bits per heavy atom. The van der Waals surface area contributed by atoms with Gasteiger partial charge in [-0.2, -0.15) is 0 Å². The van der Waals surface area contributed by atoms with Gasteiger partial charge in [-0.3, -0.25) is 9.36 Å². The van der Waals surface area contributed by atoms with Crippen LogP contribution in [-0.4, -0.2) is 45.6 Å². The van der Waals surface area contributed by atoms with Gasteiger partial charge in [-0.05, 0) is 50.3 Å². The summed E-state index contributed by atoms with van der Waals surface area (Å²) >= 11 is 1.22. The molecule has 0 saturated carbocycles. The molecule has 37 heavy (non-hydrogen) atoms. The van der Waals surface area contributed by atoms with E-state index in [4.69, 9.17) is 23.7 Å². The third-order valence-corrected chi connectivity index (χ3v) is 6.96. The van der Waals surface area contributed by atoms with Crippen LogP contribution in [0.25, 0.3) is 6.08 Å². The van der Waals surface area contributed by atoms with E-state index < -0.39 is 12.0 Å². The van der Waals surface area contributed by atoms with Crippen molar-refractivity contribution in [3.05, 3.63) is 78.5 Å². The van der Waals surface area contributed by atoms with Crippen LogP contribution in [0.1, 0.15) is 31.0 Å². The minimum atomic E-state index is -0.833. The van der Waals surface area contributed by atoms with Gasteiger partial charge in [0.05, 0.1) is 50.8 Å². The second-order valence-electron chi connectivity index (χ2n) is 8.02. The molecule has 2 heterocycles. The highest BCUT2D eigenvalue weighted by Crippen LogP contribution is 2.37. The van der Waals surface area contributed by atoms with Crippen molar-refractivity contribution in [1.82, 2.24) is 4.57 Å². The molecule has 2 aromatic carbocycles. The fraction of sp³-hybridized carbons (Fsp3) is 0.296. The highest BCUT2D eigenvalue weighted by atomic mass is 32.1. The lowest BCUT2D eigenvalue weighted by Gasteiger charge is -2.26. The fourth-order valence-electron chi connectivity index (χ4n) is 4.22. The maximum atomic E-state index is 13.9. The molecule has 1 atom stereocenters. The van der Waals surface area contributed by atoms with Crippen LogP contribution in [0, 0.1) is 0 Å². The van der Waals surface area contributed by atoms with Gasteiger partial charge in [0.15, 0.2) is 4.80 Å². The van der Waals surface area contributed by atoms with Gasteiger partial charge in [0, 0.05) is 17.2 Å². The standard InChI is InChI=1S/C27H28N2O7S/c1-7-36-26(31)23-15(2)28-27-29(24(23)19-13-17(32-3)10-11-20(19)34-5)25(30)22(37-27)12-16-8-9-18(33-4)14-21(16)35-6/h8-14,24H,7H2,1-6H3. The lowest BCUT2D eigenvalue weighted by molar-refractivity contribution is -0.139. The van der Waals surface area contributed by atoms with E-state index in [1.807, 2.05) is 6.07 Å². The molecule has 0 fully saturated rings. The summed E-state index contributed by atoms with van der Waals surface area (Å²) in [4.78, 5) is 32.1. The molecular formula is C27H28N2O7S. The Balaban J connectivity index is 2.01. The number of ether oxygens (including phenoxy) is 5. The van der Waals surface area contributed by atoms with Crippen molar-refractivity contribution in [3.8, 4) is 23.0 Å². The van der Waals surface area contributed by atoms with E-state index in [0.717, 1.165) is 0 Å².